The van der Waals surface area contributed by atoms with E-state index in [-0.39, 0.29) is 24.8 Å². The fourth-order valence-corrected chi connectivity index (χ4v) is 4.02. The van der Waals surface area contributed by atoms with Crippen LogP contribution in [0.5, 0.6) is 0 Å². The number of alkyl halides is 3. The maximum atomic E-state index is 14.2. The number of amides is 1. The number of benzene rings is 1. The standard InChI is InChI=1S/C20H19ClF5N3O/c1-9-4-10(5-11(27)6-16-12(9)2-3-18(23)28-16)19(30)29-17-8-14(21)13(7-15(17)22)20(24,25)26/h2-3,7-11H,4-6,27H2,1H3,(H,29,30)/t9-,10?,11+/m0/s1. The van der Waals surface area contributed by atoms with Crippen molar-refractivity contribution < 1.29 is 26.7 Å². The summed E-state index contributed by atoms with van der Waals surface area (Å²) in [5, 5.41) is 1.61. The number of anilines is 1. The number of nitrogens with two attached hydrogens (primary N) is 1. The minimum Gasteiger partial charge on any atom is -0.327 e. The molecule has 1 unspecified atom stereocenters. The molecule has 1 aliphatic rings. The van der Waals surface area contributed by atoms with Gasteiger partial charge in [0.15, 0.2) is 0 Å². The van der Waals surface area contributed by atoms with Crippen LogP contribution in [0, 0.1) is 17.7 Å². The number of nitrogens with zero attached hydrogens (tertiary/aromatic N) is 1. The van der Waals surface area contributed by atoms with Gasteiger partial charge in [0, 0.05) is 24.1 Å². The average molecular weight is 448 g/mol. The van der Waals surface area contributed by atoms with Crippen LogP contribution < -0.4 is 11.1 Å². The summed E-state index contributed by atoms with van der Waals surface area (Å²) in [6, 6.07) is 3.33. The van der Waals surface area contributed by atoms with Gasteiger partial charge in [0.25, 0.3) is 0 Å². The Morgan fingerprint density at radius 1 is 1.23 bits per heavy atom. The summed E-state index contributed by atoms with van der Waals surface area (Å²) in [4.78, 5) is 16.7. The van der Waals surface area contributed by atoms with Gasteiger partial charge in [-0.1, -0.05) is 24.6 Å². The summed E-state index contributed by atoms with van der Waals surface area (Å²) in [5.41, 5.74) is 5.64. The number of rotatable bonds is 2. The predicted octanol–water partition coefficient (Wildman–Crippen LogP) is 5.05. The summed E-state index contributed by atoms with van der Waals surface area (Å²) >= 11 is 5.62. The zero-order chi connectivity index (χ0) is 22.2. The van der Waals surface area contributed by atoms with Crippen LogP contribution in [0.1, 0.15) is 42.5 Å². The molecule has 3 N–H and O–H groups in total. The Hall–Kier alpha value is -2.26. The van der Waals surface area contributed by atoms with Crippen molar-refractivity contribution in [2.45, 2.75) is 44.3 Å². The summed E-state index contributed by atoms with van der Waals surface area (Å²) in [5.74, 6) is -3.22. The normalized spacial score (nSPS) is 22.1. The quantitative estimate of drug-likeness (QED) is 0.500. The summed E-state index contributed by atoms with van der Waals surface area (Å²) < 4.78 is 66.2. The van der Waals surface area contributed by atoms with E-state index in [0.29, 0.717) is 12.1 Å². The molecule has 0 bridgehead atoms. The maximum Gasteiger partial charge on any atom is 0.417 e. The number of halogens is 6. The molecule has 0 aliphatic heterocycles. The molecular weight excluding hydrogens is 429 g/mol. The zero-order valence-electron chi connectivity index (χ0n) is 15.9. The van der Waals surface area contributed by atoms with E-state index in [2.05, 4.69) is 10.3 Å². The number of hydrogen-bond donors (Lipinski definition) is 2. The van der Waals surface area contributed by atoms with Gasteiger partial charge in [0.1, 0.15) is 5.82 Å². The van der Waals surface area contributed by atoms with Gasteiger partial charge < -0.3 is 11.1 Å². The number of aromatic nitrogens is 1. The van der Waals surface area contributed by atoms with Gasteiger partial charge in [-0.2, -0.15) is 17.6 Å². The Bertz CT molecular complexity index is 966. The molecule has 1 aromatic carbocycles. The van der Waals surface area contributed by atoms with Crippen molar-refractivity contribution in [2.24, 2.45) is 11.7 Å². The minimum absolute atomic E-state index is 0.155. The van der Waals surface area contributed by atoms with Gasteiger partial charge in [0.2, 0.25) is 11.9 Å². The number of nitrogens with one attached hydrogen (secondary N) is 1. The molecule has 0 saturated carbocycles. The molecule has 1 aromatic heterocycles. The molecule has 1 amide bonds. The van der Waals surface area contributed by atoms with E-state index in [1.807, 2.05) is 6.92 Å². The minimum atomic E-state index is -4.82. The largest absolute Gasteiger partial charge is 0.417 e. The highest BCUT2D eigenvalue weighted by atomic mass is 35.5. The van der Waals surface area contributed by atoms with Crippen molar-refractivity contribution in [2.75, 3.05) is 5.32 Å². The SMILES string of the molecule is C[C@H]1CC(C(=O)Nc2cc(Cl)c(C(F)(F)F)cc2F)C[C@@H](N)Cc2nc(F)ccc21. The molecule has 10 heteroatoms. The van der Waals surface area contributed by atoms with Crippen LogP contribution in [0.3, 0.4) is 0 Å². The van der Waals surface area contributed by atoms with E-state index >= 15 is 0 Å². The monoisotopic (exact) mass is 447 g/mol. The van der Waals surface area contributed by atoms with Crippen molar-refractivity contribution in [1.82, 2.24) is 4.98 Å². The number of hydrogen-bond acceptors (Lipinski definition) is 3. The first-order valence-corrected chi connectivity index (χ1v) is 9.61. The first-order chi connectivity index (χ1) is 14.0. The molecule has 4 nitrogen and oxygen atoms in total. The molecule has 1 aliphatic carbocycles. The van der Waals surface area contributed by atoms with E-state index in [1.165, 1.54) is 6.07 Å². The van der Waals surface area contributed by atoms with E-state index in [4.69, 9.17) is 17.3 Å². The first-order valence-electron chi connectivity index (χ1n) is 9.23. The van der Waals surface area contributed by atoms with Crippen molar-refractivity contribution >= 4 is 23.2 Å². The molecule has 3 rings (SSSR count). The van der Waals surface area contributed by atoms with Crippen LogP contribution >= 0.6 is 11.6 Å². The lowest BCUT2D eigenvalue weighted by atomic mass is 9.81. The molecule has 0 spiro atoms. The maximum absolute atomic E-state index is 14.2. The van der Waals surface area contributed by atoms with Gasteiger partial charge in [-0.3, -0.25) is 4.79 Å². The lowest BCUT2D eigenvalue weighted by Gasteiger charge is -2.28. The molecule has 2 aromatic rings. The number of pyridine rings is 1. The second kappa shape index (κ2) is 8.47. The third-order valence-corrected chi connectivity index (χ3v) is 5.49. The van der Waals surface area contributed by atoms with Crippen LogP contribution in [0.2, 0.25) is 5.02 Å². The van der Waals surface area contributed by atoms with E-state index in [1.54, 1.807) is 6.07 Å². The van der Waals surface area contributed by atoms with Crippen LogP contribution in [0.25, 0.3) is 0 Å². The Labute approximate surface area is 174 Å². The third-order valence-electron chi connectivity index (χ3n) is 5.18. The van der Waals surface area contributed by atoms with Crippen molar-refractivity contribution in [3.63, 3.8) is 0 Å². The van der Waals surface area contributed by atoms with E-state index in [9.17, 15) is 26.7 Å². The molecular formula is C20H19ClF5N3O. The van der Waals surface area contributed by atoms with Gasteiger partial charge in [-0.25, -0.2) is 9.37 Å². The lowest BCUT2D eigenvalue weighted by molar-refractivity contribution is -0.137. The second-order valence-electron chi connectivity index (χ2n) is 7.50. The first kappa shape index (κ1) is 22.4. The number of carbonyl (C=O) groups is 1. The van der Waals surface area contributed by atoms with Crippen LogP contribution in [0.4, 0.5) is 27.6 Å². The van der Waals surface area contributed by atoms with Crippen LogP contribution in [-0.4, -0.2) is 16.9 Å². The van der Waals surface area contributed by atoms with Crippen molar-refractivity contribution in [1.29, 1.82) is 0 Å². The zero-order valence-corrected chi connectivity index (χ0v) is 16.6. The third kappa shape index (κ3) is 4.89. The second-order valence-corrected chi connectivity index (χ2v) is 7.91. The summed E-state index contributed by atoms with van der Waals surface area (Å²) in [6.07, 6.45) is -4.00. The van der Waals surface area contributed by atoms with E-state index in [0.717, 1.165) is 11.6 Å². The summed E-state index contributed by atoms with van der Waals surface area (Å²) in [7, 11) is 0. The Balaban J connectivity index is 1.82. The Morgan fingerprint density at radius 3 is 2.60 bits per heavy atom. The molecule has 0 saturated heterocycles. The highest BCUT2D eigenvalue weighted by Crippen LogP contribution is 2.38. The Morgan fingerprint density at radius 2 is 1.93 bits per heavy atom. The van der Waals surface area contributed by atoms with Crippen LogP contribution in [0.15, 0.2) is 24.3 Å². The van der Waals surface area contributed by atoms with Gasteiger partial charge in [-0.15, -0.1) is 0 Å². The van der Waals surface area contributed by atoms with Gasteiger partial charge in [0.05, 0.1) is 16.3 Å². The average Bonchev–Trinajstić information content (AvgIpc) is 2.61. The molecule has 0 radical (unpaired) electrons. The Kier molecular flexibility index (Phi) is 6.33. The topological polar surface area (TPSA) is 68.0 Å². The highest BCUT2D eigenvalue weighted by Gasteiger charge is 2.35. The van der Waals surface area contributed by atoms with Crippen molar-refractivity contribution in [3.05, 3.63) is 57.9 Å². The van der Waals surface area contributed by atoms with Crippen LogP contribution in [-0.2, 0) is 17.4 Å². The highest BCUT2D eigenvalue weighted by molar-refractivity contribution is 6.31. The molecule has 3 atom stereocenters. The summed E-state index contributed by atoms with van der Waals surface area (Å²) in [6.45, 7) is 1.85. The molecule has 30 heavy (non-hydrogen) atoms. The fourth-order valence-electron chi connectivity index (χ4n) is 3.75. The van der Waals surface area contributed by atoms with Crippen molar-refractivity contribution in [3.8, 4) is 0 Å². The smallest absolute Gasteiger partial charge is 0.327 e. The predicted molar refractivity (Wildman–Crippen MR) is 102 cm³/mol. The molecule has 0 fully saturated rings. The number of carbonyl (C=O) groups excluding carboxylic acids is 1. The van der Waals surface area contributed by atoms with Gasteiger partial charge >= 0.3 is 6.18 Å². The fraction of sp³-hybridized carbons (Fsp3) is 0.400. The lowest BCUT2D eigenvalue weighted by Crippen LogP contribution is -2.35. The number of fused-ring (bicyclic) bond motifs is 1. The molecule has 1 heterocycles. The van der Waals surface area contributed by atoms with Gasteiger partial charge in [-0.05, 0) is 42.5 Å². The van der Waals surface area contributed by atoms with E-state index < -0.39 is 52.1 Å². The molecule has 162 valence electrons.